The first-order valence-electron chi connectivity index (χ1n) is 7.64. The molecule has 0 spiro atoms. The zero-order valence-electron chi connectivity index (χ0n) is 13.3. The van der Waals surface area contributed by atoms with Crippen molar-refractivity contribution in [2.45, 2.75) is 6.42 Å². The fraction of sp³-hybridized carbons (Fsp3) is 0.111. The Morgan fingerprint density at radius 2 is 2.16 bits per heavy atom. The number of rotatable bonds is 4. The summed E-state index contributed by atoms with van der Waals surface area (Å²) in [5.41, 5.74) is 2.68. The second kappa shape index (κ2) is 6.63. The molecule has 0 saturated carbocycles. The van der Waals surface area contributed by atoms with E-state index in [1.807, 2.05) is 59.6 Å². The molecule has 0 radical (unpaired) electrons. The van der Waals surface area contributed by atoms with Crippen LogP contribution in [-0.4, -0.2) is 15.5 Å². The van der Waals surface area contributed by atoms with Gasteiger partial charge >= 0.3 is 0 Å². The number of nitrogens with zero attached hydrogens (tertiary/aromatic N) is 2. The number of carbonyl (C=O) groups excluding carboxylic acids is 1. The van der Waals surface area contributed by atoms with Crippen molar-refractivity contribution in [2.24, 2.45) is 7.05 Å². The first-order chi connectivity index (χ1) is 12.1. The number of carbonyl (C=O) groups is 1. The summed E-state index contributed by atoms with van der Waals surface area (Å²) in [4.78, 5) is 18.0. The Balaban J connectivity index is 1.50. The fourth-order valence-corrected chi connectivity index (χ4v) is 4.64. The summed E-state index contributed by atoms with van der Waals surface area (Å²) in [7, 11) is 1.99. The molecule has 1 N–H and O–H groups in total. The van der Waals surface area contributed by atoms with E-state index in [0.29, 0.717) is 0 Å². The van der Waals surface area contributed by atoms with Gasteiger partial charge in [0.2, 0.25) is 5.91 Å². The van der Waals surface area contributed by atoms with Crippen molar-refractivity contribution in [3.05, 3.63) is 58.0 Å². The van der Waals surface area contributed by atoms with Crippen molar-refractivity contribution in [1.82, 2.24) is 9.55 Å². The van der Waals surface area contributed by atoms with Gasteiger partial charge < -0.3 is 9.88 Å². The van der Waals surface area contributed by atoms with Crippen LogP contribution in [0.25, 0.3) is 20.8 Å². The first kappa shape index (κ1) is 16.3. The number of halogens is 1. The Hall–Kier alpha value is -2.15. The Morgan fingerprint density at radius 3 is 2.96 bits per heavy atom. The zero-order valence-corrected chi connectivity index (χ0v) is 15.7. The van der Waals surface area contributed by atoms with Crippen molar-refractivity contribution in [2.75, 3.05) is 5.32 Å². The minimum atomic E-state index is -0.0718. The van der Waals surface area contributed by atoms with Gasteiger partial charge in [0.15, 0.2) is 0 Å². The molecule has 126 valence electrons. The maximum Gasteiger partial charge on any atom is 0.230 e. The van der Waals surface area contributed by atoms with E-state index in [1.54, 1.807) is 0 Å². The molecule has 4 nitrogen and oxygen atoms in total. The van der Waals surface area contributed by atoms with E-state index in [0.717, 1.165) is 36.5 Å². The number of aromatic nitrogens is 2. The first-order valence-corrected chi connectivity index (χ1v) is 9.71. The van der Waals surface area contributed by atoms with Gasteiger partial charge in [-0.05, 0) is 30.3 Å². The summed E-state index contributed by atoms with van der Waals surface area (Å²) >= 11 is 8.99. The number of fused-ring (bicyclic) bond motifs is 1. The van der Waals surface area contributed by atoms with E-state index in [4.69, 9.17) is 11.6 Å². The van der Waals surface area contributed by atoms with Crippen LogP contribution in [0.4, 0.5) is 5.69 Å². The molecule has 3 heterocycles. The van der Waals surface area contributed by atoms with Gasteiger partial charge in [-0.25, -0.2) is 4.98 Å². The predicted molar refractivity (Wildman–Crippen MR) is 106 cm³/mol. The lowest BCUT2D eigenvalue weighted by Crippen LogP contribution is -2.14. The number of hydrogen-bond acceptors (Lipinski definition) is 4. The Bertz CT molecular complexity index is 1060. The molecule has 3 aromatic heterocycles. The molecular formula is C18H14ClN3OS2. The molecule has 0 atom stereocenters. The quantitative estimate of drug-likeness (QED) is 0.523. The van der Waals surface area contributed by atoms with Crippen LogP contribution in [0.2, 0.25) is 4.34 Å². The highest BCUT2D eigenvalue weighted by atomic mass is 35.5. The molecule has 25 heavy (non-hydrogen) atoms. The maximum absolute atomic E-state index is 12.4. The SMILES string of the molecule is Cn1ccc2c(NC(=O)Cc3csc(-c4ccc(Cl)s4)n3)cccc21. The topological polar surface area (TPSA) is 46.9 Å². The van der Waals surface area contributed by atoms with Gasteiger partial charge in [-0.3, -0.25) is 4.79 Å². The summed E-state index contributed by atoms with van der Waals surface area (Å²) in [5.74, 6) is -0.0718. The second-order valence-electron chi connectivity index (χ2n) is 5.64. The minimum absolute atomic E-state index is 0.0718. The van der Waals surface area contributed by atoms with Crippen molar-refractivity contribution in [1.29, 1.82) is 0 Å². The van der Waals surface area contributed by atoms with Crippen LogP contribution in [0.15, 0.2) is 48.0 Å². The lowest BCUT2D eigenvalue weighted by atomic mass is 10.2. The van der Waals surface area contributed by atoms with Crippen molar-refractivity contribution in [3.63, 3.8) is 0 Å². The number of nitrogens with one attached hydrogen (secondary N) is 1. The Kier molecular flexibility index (Phi) is 4.33. The summed E-state index contributed by atoms with van der Waals surface area (Å²) in [6.07, 6.45) is 2.23. The van der Waals surface area contributed by atoms with Crippen LogP contribution in [0.1, 0.15) is 5.69 Å². The average Bonchev–Trinajstić information content (AvgIpc) is 3.29. The number of aryl methyl sites for hydroxylation is 1. The number of hydrogen-bond donors (Lipinski definition) is 1. The molecular weight excluding hydrogens is 374 g/mol. The molecule has 0 saturated heterocycles. The summed E-state index contributed by atoms with van der Waals surface area (Å²) in [5, 5.41) is 6.84. The van der Waals surface area contributed by atoms with Crippen LogP contribution in [-0.2, 0) is 18.3 Å². The molecule has 4 rings (SSSR count). The van der Waals surface area contributed by atoms with Crippen LogP contribution >= 0.6 is 34.3 Å². The number of benzene rings is 1. The number of amides is 1. The smallest absolute Gasteiger partial charge is 0.230 e. The molecule has 0 aliphatic rings. The molecule has 1 amide bonds. The van der Waals surface area contributed by atoms with Crippen molar-refractivity contribution >= 4 is 56.8 Å². The normalized spacial score (nSPS) is 11.1. The van der Waals surface area contributed by atoms with Gasteiger partial charge in [-0.15, -0.1) is 22.7 Å². The third-order valence-corrected chi connectivity index (χ3v) is 6.17. The van der Waals surface area contributed by atoms with Crippen LogP contribution < -0.4 is 5.32 Å². The molecule has 0 fully saturated rings. The molecule has 1 aromatic carbocycles. The number of thiazole rings is 1. The number of anilines is 1. The molecule has 0 aliphatic heterocycles. The third kappa shape index (κ3) is 3.33. The van der Waals surface area contributed by atoms with E-state index in [9.17, 15) is 4.79 Å². The molecule has 0 bridgehead atoms. The van der Waals surface area contributed by atoms with Crippen molar-refractivity contribution < 1.29 is 4.79 Å². The van der Waals surface area contributed by atoms with Gasteiger partial charge in [-0.2, -0.15) is 0 Å². The highest BCUT2D eigenvalue weighted by Crippen LogP contribution is 2.33. The zero-order chi connectivity index (χ0) is 17.4. The molecule has 0 unspecified atom stereocenters. The largest absolute Gasteiger partial charge is 0.350 e. The van der Waals surface area contributed by atoms with Gasteiger partial charge in [0.05, 0.1) is 27.0 Å². The molecule has 4 aromatic rings. The molecule has 0 aliphatic carbocycles. The van der Waals surface area contributed by atoms with Gasteiger partial charge in [0.25, 0.3) is 0 Å². The summed E-state index contributed by atoms with van der Waals surface area (Å²) in [6, 6.07) is 11.7. The average molecular weight is 388 g/mol. The van der Waals surface area contributed by atoms with Crippen molar-refractivity contribution in [3.8, 4) is 9.88 Å². The van der Waals surface area contributed by atoms with E-state index >= 15 is 0 Å². The Morgan fingerprint density at radius 1 is 1.28 bits per heavy atom. The van der Waals surface area contributed by atoms with Gasteiger partial charge in [0.1, 0.15) is 5.01 Å². The van der Waals surface area contributed by atoms with Crippen LogP contribution in [0.3, 0.4) is 0 Å². The van der Waals surface area contributed by atoms with Crippen LogP contribution in [0, 0.1) is 0 Å². The standard InChI is InChI=1S/C18H14ClN3OS2/c1-22-8-7-12-13(3-2-4-14(12)22)21-17(23)9-11-10-24-18(20-11)15-5-6-16(19)25-15/h2-8,10H,9H2,1H3,(H,21,23). The lowest BCUT2D eigenvalue weighted by Gasteiger charge is -2.06. The monoisotopic (exact) mass is 387 g/mol. The number of thiophene rings is 1. The summed E-state index contributed by atoms with van der Waals surface area (Å²) < 4.78 is 2.77. The van der Waals surface area contributed by atoms with E-state index in [1.165, 1.54) is 22.7 Å². The van der Waals surface area contributed by atoms with Crippen LogP contribution in [0.5, 0.6) is 0 Å². The Labute approximate surface area is 157 Å². The highest BCUT2D eigenvalue weighted by Gasteiger charge is 2.12. The minimum Gasteiger partial charge on any atom is -0.350 e. The summed E-state index contributed by atoms with van der Waals surface area (Å²) in [6.45, 7) is 0. The fourth-order valence-electron chi connectivity index (χ4n) is 2.70. The van der Waals surface area contributed by atoms with E-state index in [-0.39, 0.29) is 12.3 Å². The third-order valence-electron chi connectivity index (χ3n) is 3.88. The molecule has 7 heteroatoms. The maximum atomic E-state index is 12.4. The highest BCUT2D eigenvalue weighted by molar-refractivity contribution is 7.23. The van der Waals surface area contributed by atoms with E-state index < -0.39 is 0 Å². The lowest BCUT2D eigenvalue weighted by molar-refractivity contribution is -0.115. The second-order valence-corrected chi connectivity index (χ2v) is 8.21. The predicted octanol–water partition coefficient (Wildman–Crippen LogP) is 5.20. The van der Waals surface area contributed by atoms with Gasteiger partial charge in [-0.1, -0.05) is 17.7 Å². The van der Waals surface area contributed by atoms with Gasteiger partial charge in [0, 0.05) is 29.5 Å². The van der Waals surface area contributed by atoms with E-state index in [2.05, 4.69) is 10.3 Å².